The molecule has 1 aliphatic heterocycles. The number of hydrogen-bond donors (Lipinski definition) is 1. The van der Waals surface area contributed by atoms with Crippen molar-refractivity contribution in [1.29, 1.82) is 0 Å². The van der Waals surface area contributed by atoms with Gasteiger partial charge in [0.2, 0.25) is 0 Å². The molecular weight excluding hydrogens is 326 g/mol. The highest BCUT2D eigenvalue weighted by Crippen LogP contribution is 2.22. The number of hydrogen-bond acceptors (Lipinski definition) is 3. The third-order valence-electron chi connectivity index (χ3n) is 4.48. The first-order valence-electron chi connectivity index (χ1n) is 8.53. The number of aliphatic carboxylic acids is 1. The van der Waals surface area contributed by atoms with Gasteiger partial charge in [0.1, 0.15) is 0 Å². The molecule has 134 valence electrons. The second-order valence-electron chi connectivity index (χ2n) is 6.92. The number of nitrogens with zero attached hydrogens (tertiary/aromatic N) is 1. The van der Waals surface area contributed by atoms with Crippen molar-refractivity contribution in [2.45, 2.75) is 39.5 Å². The first-order valence-corrected chi connectivity index (χ1v) is 8.53. The van der Waals surface area contributed by atoms with E-state index in [0.29, 0.717) is 12.5 Å². The van der Waals surface area contributed by atoms with Crippen LogP contribution in [0.3, 0.4) is 0 Å². The second kappa shape index (κ2) is 9.80. The molecule has 1 aromatic rings. The van der Waals surface area contributed by atoms with Crippen LogP contribution < -0.4 is 0 Å². The Morgan fingerprint density at radius 1 is 1.17 bits per heavy atom. The Morgan fingerprint density at radius 3 is 2.25 bits per heavy atom. The monoisotopic (exact) mass is 353 g/mol. The molecule has 4 nitrogen and oxygen atoms in total. The van der Waals surface area contributed by atoms with Gasteiger partial charge in [0.15, 0.2) is 5.78 Å². The van der Waals surface area contributed by atoms with Crippen LogP contribution in [0.25, 0.3) is 0 Å². The van der Waals surface area contributed by atoms with Gasteiger partial charge in [-0.2, -0.15) is 0 Å². The van der Waals surface area contributed by atoms with Crippen LogP contribution in [-0.2, 0) is 11.2 Å². The summed E-state index contributed by atoms with van der Waals surface area (Å²) in [5.74, 6) is 0.169. The van der Waals surface area contributed by atoms with Gasteiger partial charge in [-0.3, -0.25) is 9.59 Å². The van der Waals surface area contributed by atoms with Crippen molar-refractivity contribution in [2.24, 2.45) is 11.8 Å². The van der Waals surface area contributed by atoms with E-state index >= 15 is 0 Å². The van der Waals surface area contributed by atoms with Gasteiger partial charge in [-0.1, -0.05) is 38.1 Å². The number of Topliss-reactive ketones (excluding diaryl/α,β-unsaturated/α-hetero) is 1. The van der Waals surface area contributed by atoms with E-state index in [0.717, 1.165) is 37.9 Å². The van der Waals surface area contributed by atoms with Crippen molar-refractivity contribution in [1.82, 2.24) is 4.90 Å². The molecule has 0 saturated carbocycles. The molecule has 0 spiro atoms. The molecule has 0 radical (unpaired) electrons. The lowest BCUT2D eigenvalue weighted by Crippen LogP contribution is -2.37. The molecule has 1 N–H and O–H groups in total. The fourth-order valence-electron chi connectivity index (χ4n) is 3.18. The minimum atomic E-state index is -0.760. The second-order valence-corrected chi connectivity index (χ2v) is 6.92. The van der Waals surface area contributed by atoms with Crippen LogP contribution in [0.2, 0.25) is 0 Å². The fraction of sp³-hybridized carbons (Fsp3) is 0.579. The van der Waals surface area contributed by atoms with E-state index in [1.807, 2.05) is 12.1 Å². The summed E-state index contributed by atoms with van der Waals surface area (Å²) in [5.41, 5.74) is 2.08. The van der Waals surface area contributed by atoms with Crippen LogP contribution >= 0.6 is 12.4 Å². The van der Waals surface area contributed by atoms with Gasteiger partial charge in [0, 0.05) is 18.0 Å². The number of rotatable bonds is 7. The van der Waals surface area contributed by atoms with Crippen LogP contribution in [0, 0.1) is 11.8 Å². The van der Waals surface area contributed by atoms with Crippen molar-refractivity contribution >= 4 is 24.2 Å². The molecule has 5 heteroatoms. The Kier molecular flexibility index (Phi) is 8.43. The maximum absolute atomic E-state index is 12.6. The number of carbonyl (C=O) groups is 2. The maximum atomic E-state index is 12.6. The minimum Gasteiger partial charge on any atom is -0.481 e. The number of benzene rings is 1. The van der Waals surface area contributed by atoms with Crippen LogP contribution in [0.5, 0.6) is 0 Å². The van der Waals surface area contributed by atoms with E-state index in [4.69, 9.17) is 5.11 Å². The largest absolute Gasteiger partial charge is 0.481 e. The van der Waals surface area contributed by atoms with Gasteiger partial charge < -0.3 is 10.0 Å². The van der Waals surface area contributed by atoms with E-state index in [1.165, 1.54) is 5.56 Å². The summed E-state index contributed by atoms with van der Waals surface area (Å²) in [6.07, 6.45) is 2.87. The van der Waals surface area contributed by atoms with Gasteiger partial charge in [-0.15, -0.1) is 12.4 Å². The lowest BCUT2D eigenvalue weighted by molar-refractivity contribution is -0.137. The van der Waals surface area contributed by atoms with Gasteiger partial charge in [-0.05, 0) is 43.8 Å². The normalized spacial score (nSPS) is 16.0. The van der Waals surface area contributed by atoms with E-state index < -0.39 is 5.97 Å². The van der Waals surface area contributed by atoms with Crippen LogP contribution in [-0.4, -0.2) is 41.4 Å². The molecule has 2 rings (SSSR count). The third kappa shape index (κ3) is 6.25. The summed E-state index contributed by atoms with van der Waals surface area (Å²) in [4.78, 5) is 25.3. The van der Waals surface area contributed by atoms with Crippen LogP contribution in [0.1, 0.15) is 49.0 Å². The smallest absolute Gasteiger partial charge is 0.304 e. The van der Waals surface area contributed by atoms with Gasteiger partial charge in [0.05, 0.1) is 6.42 Å². The molecule has 0 bridgehead atoms. The number of ketones is 1. The summed E-state index contributed by atoms with van der Waals surface area (Å²) >= 11 is 0. The molecule has 0 atom stereocenters. The van der Waals surface area contributed by atoms with Crippen LogP contribution in [0.4, 0.5) is 0 Å². The zero-order chi connectivity index (χ0) is 16.8. The third-order valence-corrected chi connectivity index (χ3v) is 4.48. The maximum Gasteiger partial charge on any atom is 0.304 e. The first-order chi connectivity index (χ1) is 11.0. The van der Waals surface area contributed by atoms with Crippen molar-refractivity contribution in [3.8, 4) is 0 Å². The topological polar surface area (TPSA) is 57.6 Å². The lowest BCUT2D eigenvalue weighted by Gasteiger charge is -2.30. The molecule has 1 aliphatic rings. The van der Waals surface area contributed by atoms with Crippen molar-refractivity contribution in [3.05, 3.63) is 35.4 Å². The molecule has 1 heterocycles. The Morgan fingerprint density at radius 2 is 1.75 bits per heavy atom. The molecule has 1 aromatic carbocycles. The van der Waals surface area contributed by atoms with Crippen LogP contribution in [0.15, 0.2) is 24.3 Å². The predicted molar refractivity (Wildman–Crippen MR) is 98.0 cm³/mol. The highest BCUT2D eigenvalue weighted by molar-refractivity contribution is 5.97. The Hall–Kier alpha value is -1.39. The molecule has 0 aliphatic carbocycles. The van der Waals surface area contributed by atoms with Crippen molar-refractivity contribution in [2.75, 3.05) is 19.6 Å². The zero-order valence-corrected chi connectivity index (χ0v) is 15.3. The van der Waals surface area contributed by atoms with Gasteiger partial charge >= 0.3 is 5.97 Å². The Bertz CT molecular complexity index is 534. The molecule has 1 saturated heterocycles. The number of carbonyl (C=O) groups excluding carboxylic acids is 1. The number of halogens is 1. The Labute approximate surface area is 150 Å². The molecule has 1 fully saturated rings. The van der Waals surface area contributed by atoms with E-state index in [1.54, 1.807) is 0 Å². The first kappa shape index (κ1) is 20.7. The standard InChI is InChI=1S/C19H27NO3.ClH/c1-14(2)13-15-3-5-16(6-4-15)19(23)17-7-10-20(11-8-17)12-9-18(21)22;/h3-6,14,17H,7-13H2,1-2H3,(H,21,22);1H. The molecule has 0 unspecified atom stereocenters. The highest BCUT2D eigenvalue weighted by atomic mass is 35.5. The number of likely N-dealkylation sites (tertiary alicyclic amines) is 1. The van der Waals surface area contributed by atoms with Gasteiger partial charge in [-0.25, -0.2) is 0 Å². The molecule has 0 amide bonds. The minimum absolute atomic E-state index is 0. The van der Waals surface area contributed by atoms with E-state index in [-0.39, 0.29) is 30.5 Å². The summed E-state index contributed by atoms with van der Waals surface area (Å²) < 4.78 is 0. The SMILES string of the molecule is CC(C)Cc1ccc(C(=O)C2CCN(CCC(=O)O)CC2)cc1.Cl. The summed E-state index contributed by atoms with van der Waals surface area (Å²) in [7, 11) is 0. The lowest BCUT2D eigenvalue weighted by atomic mass is 9.88. The van der Waals surface area contributed by atoms with E-state index in [9.17, 15) is 9.59 Å². The summed E-state index contributed by atoms with van der Waals surface area (Å²) in [6.45, 7) is 6.60. The summed E-state index contributed by atoms with van der Waals surface area (Å²) in [5, 5.41) is 8.73. The average molecular weight is 354 g/mol. The van der Waals surface area contributed by atoms with Gasteiger partial charge in [0.25, 0.3) is 0 Å². The summed E-state index contributed by atoms with van der Waals surface area (Å²) in [6, 6.07) is 8.04. The molecular formula is C19H28ClNO3. The molecule has 24 heavy (non-hydrogen) atoms. The van der Waals surface area contributed by atoms with Crippen molar-refractivity contribution in [3.63, 3.8) is 0 Å². The quantitative estimate of drug-likeness (QED) is 0.760. The molecule has 0 aromatic heterocycles. The Balaban J connectivity index is 0.00000288. The number of piperidine rings is 1. The predicted octanol–water partition coefficient (Wildman–Crippen LogP) is 3.68. The highest BCUT2D eigenvalue weighted by Gasteiger charge is 2.25. The fourth-order valence-corrected chi connectivity index (χ4v) is 3.18. The van der Waals surface area contributed by atoms with E-state index in [2.05, 4.69) is 30.9 Å². The number of carboxylic acids is 1. The average Bonchev–Trinajstić information content (AvgIpc) is 2.53. The van der Waals surface area contributed by atoms with Crippen molar-refractivity contribution < 1.29 is 14.7 Å². The zero-order valence-electron chi connectivity index (χ0n) is 14.5. The number of carboxylic acid groups (broad SMARTS) is 1.